The summed E-state index contributed by atoms with van der Waals surface area (Å²) in [6.45, 7) is 0. The van der Waals surface area contributed by atoms with Crippen molar-refractivity contribution in [1.82, 2.24) is 0 Å². The number of benzene rings is 9. The first-order valence-electron chi connectivity index (χ1n) is 16.4. The van der Waals surface area contributed by atoms with Crippen molar-refractivity contribution in [3.63, 3.8) is 0 Å². The van der Waals surface area contributed by atoms with Gasteiger partial charge in [-0.05, 0) is 103 Å². The molecule has 10 aromatic rings. The molecule has 0 spiro atoms. The number of hydrogen-bond donors (Lipinski definition) is 0. The van der Waals surface area contributed by atoms with Crippen LogP contribution in [0.5, 0.6) is 0 Å². The first kappa shape index (κ1) is 26.8. The Morgan fingerprint density at radius 1 is 0.292 bits per heavy atom. The van der Waals surface area contributed by atoms with E-state index in [0.29, 0.717) is 0 Å². The maximum Gasteiger partial charge on any atom is 0.137 e. The number of hydrogen-bond acceptors (Lipinski definition) is 2. The SMILES string of the molecule is c1ccc2c(c1)ccc1cc(-c3ccc(N(c4ccc5c(c4)oc4ccccc45)c4ccc5ccc6ccccc6c5c4)cc3)ccc12. The zero-order chi connectivity index (χ0) is 31.6. The van der Waals surface area contributed by atoms with E-state index in [9.17, 15) is 0 Å². The summed E-state index contributed by atoms with van der Waals surface area (Å²) in [5, 5.41) is 12.3. The fourth-order valence-electron chi connectivity index (χ4n) is 7.43. The van der Waals surface area contributed by atoms with Gasteiger partial charge in [0, 0.05) is 33.9 Å². The first-order chi connectivity index (χ1) is 23.8. The highest BCUT2D eigenvalue weighted by Gasteiger charge is 2.17. The van der Waals surface area contributed by atoms with Crippen molar-refractivity contribution < 1.29 is 4.42 Å². The Hall–Kier alpha value is -6.38. The Labute approximate surface area is 277 Å². The Morgan fingerprint density at radius 2 is 0.792 bits per heavy atom. The van der Waals surface area contributed by atoms with Gasteiger partial charge in [0.25, 0.3) is 0 Å². The molecule has 48 heavy (non-hydrogen) atoms. The number of para-hydroxylation sites is 1. The zero-order valence-corrected chi connectivity index (χ0v) is 26.1. The molecule has 0 saturated carbocycles. The third kappa shape index (κ3) is 4.27. The van der Waals surface area contributed by atoms with Gasteiger partial charge in [0.2, 0.25) is 0 Å². The molecule has 0 amide bonds. The van der Waals surface area contributed by atoms with Gasteiger partial charge in [-0.15, -0.1) is 0 Å². The minimum absolute atomic E-state index is 0.880. The van der Waals surface area contributed by atoms with Crippen LogP contribution in [0.3, 0.4) is 0 Å². The molecule has 0 N–H and O–H groups in total. The Bertz CT molecular complexity index is 2840. The normalized spacial score (nSPS) is 11.8. The standard InChI is InChI=1S/C46H29NO/c1-3-9-39-31(7-1)15-16-35-27-34(20-25-41(35)39)30-17-21-36(22-18-30)47(38-24-26-43-42-11-5-6-12-45(42)48-46(43)29-38)37-23-19-33-14-13-32-8-2-4-10-40(32)44(33)28-37/h1-29H. The lowest BCUT2D eigenvalue weighted by atomic mass is 9.97. The molecule has 0 radical (unpaired) electrons. The Morgan fingerprint density at radius 3 is 1.58 bits per heavy atom. The third-order valence-electron chi connectivity index (χ3n) is 9.81. The lowest BCUT2D eigenvalue weighted by molar-refractivity contribution is 0.669. The van der Waals surface area contributed by atoms with Crippen LogP contribution in [0.25, 0.3) is 76.2 Å². The van der Waals surface area contributed by atoms with Crippen molar-refractivity contribution >= 4 is 82.1 Å². The van der Waals surface area contributed by atoms with Gasteiger partial charge in [0.15, 0.2) is 0 Å². The monoisotopic (exact) mass is 611 g/mol. The summed E-state index contributed by atoms with van der Waals surface area (Å²) in [6, 6.07) is 63.4. The summed E-state index contributed by atoms with van der Waals surface area (Å²) < 4.78 is 6.36. The second kappa shape index (κ2) is 10.6. The van der Waals surface area contributed by atoms with E-state index < -0.39 is 0 Å². The molecule has 0 aliphatic heterocycles. The van der Waals surface area contributed by atoms with Gasteiger partial charge in [-0.25, -0.2) is 0 Å². The zero-order valence-electron chi connectivity index (χ0n) is 26.1. The predicted octanol–water partition coefficient (Wildman–Crippen LogP) is 13.3. The second-order valence-electron chi connectivity index (χ2n) is 12.6. The van der Waals surface area contributed by atoms with Crippen molar-refractivity contribution in [2.24, 2.45) is 0 Å². The number of fused-ring (bicyclic) bond motifs is 9. The van der Waals surface area contributed by atoms with E-state index in [4.69, 9.17) is 4.42 Å². The van der Waals surface area contributed by atoms with Gasteiger partial charge in [0.1, 0.15) is 11.2 Å². The van der Waals surface area contributed by atoms with Crippen LogP contribution in [0.4, 0.5) is 17.1 Å². The molecule has 9 aromatic carbocycles. The highest BCUT2D eigenvalue weighted by molar-refractivity contribution is 6.10. The average molecular weight is 612 g/mol. The molecule has 0 unspecified atom stereocenters. The van der Waals surface area contributed by atoms with Crippen LogP contribution in [0.1, 0.15) is 0 Å². The lowest BCUT2D eigenvalue weighted by Crippen LogP contribution is -2.09. The topological polar surface area (TPSA) is 16.4 Å². The summed E-state index contributed by atoms with van der Waals surface area (Å²) in [7, 11) is 0. The summed E-state index contributed by atoms with van der Waals surface area (Å²) in [5.41, 5.74) is 7.40. The molecular formula is C46H29NO. The largest absolute Gasteiger partial charge is 0.456 e. The molecule has 224 valence electrons. The Balaban J connectivity index is 1.12. The predicted molar refractivity (Wildman–Crippen MR) is 204 cm³/mol. The minimum atomic E-state index is 0.880. The number of nitrogens with zero attached hydrogens (tertiary/aromatic N) is 1. The van der Waals surface area contributed by atoms with Gasteiger partial charge < -0.3 is 9.32 Å². The fraction of sp³-hybridized carbons (Fsp3) is 0. The van der Waals surface area contributed by atoms with Crippen LogP contribution >= 0.6 is 0 Å². The van der Waals surface area contributed by atoms with E-state index >= 15 is 0 Å². The number of rotatable bonds is 4. The summed E-state index contributed by atoms with van der Waals surface area (Å²) in [4.78, 5) is 2.34. The van der Waals surface area contributed by atoms with Crippen LogP contribution in [0.2, 0.25) is 0 Å². The Kier molecular flexibility index (Phi) is 5.91. The summed E-state index contributed by atoms with van der Waals surface area (Å²) in [5.74, 6) is 0. The molecule has 0 aliphatic rings. The summed E-state index contributed by atoms with van der Waals surface area (Å²) in [6.07, 6.45) is 0. The van der Waals surface area contributed by atoms with Crippen LogP contribution in [-0.2, 0) is 0 Å². The smallest absolute Gasteiger partial charge is 0.137 e. The van der Waals surface area contributed by atoms with Crippen LogP contribution in [0, 0.1) is 0 Å². The van der Waals surface area contributed by atoms with Crippen molar-refractivity contribution in [3.8, 4) is 11.1 Å². The van der Waals surface area contributed by atoms with Crippen molar-refractivity contribution in [2.75, 3.05) is 4.90 Å². The van der Waals surface area contributed by atoms with Crippen LogP contribution in [-0.4, -0.2) is 0 Å². The van der Waals surface area contributed by atoms with Gasteiger partial charge in [-0.1, -0.05) is 121 Å². The second-order valence-corrected chi connectivity index (χ2v) is 12.6. The molecule has 2 heteroatoms. The van der Waals surface area contributed by atoms with Crippen molar-refractivity contribution in [1.29, 1.82) is 0 Å². The molecule has 0 fully saturated rings. The maximum atomic E-state index is 6.36. The maximum absolute atomic E-state index is 6.36. The van der Waals surface area contributed by atoms with E-state index in [2.05, 4.69) is 169 Å². The van der Waals surface area contributed by atoms with Gasteiger partial charge in [-0.2, -0.15) is 0 Å². The van der Waals surface area contributed by atoms with E-state index in [1.54, 1.807) is 0 Å². The number of anilines is 3. The summed E-state index contributed by atoms with van der Waals surface area (Å²) >= 11 is 0. The average Bonchev–Trinajstić information content (AvgIpc) is 3.53. The molecule has 0 bridgehead atoms. The van der Waals surface area contributed by atoms with E-state index in [-0.39, 0.29) is 0 Å². The molecule has 0 aliphatic carbocycles. The van der Waals surface area contributed by atoms with Crippen molar-refractivity contribution in [3.05, 3.63) is 176 Å². The van der Waals surface area contributed by atoms with E-state index in [1.165, 1.54) is 54.2 Å². The van der Waals surface area contributed by atoms with E-state index in [0.717, 1.165) is 39.0 Å². The van der Waals surface area contributed by atoms with Crippen molar-refractivity contribution in [2.45, 2.75) is 0 Å². The van der Waals surface area contributed by atoms with Crippen LogP contribution in [0.15, 0.2) is 180 Å². The first-order valence-corrected chi connectivity index (χ1v) is 16.4. The quantitative estimate of drug-likeness (QED) is 0.184. The molecule has 0 saturated heterocycles. The molecular weight excluding hydrogens is 583 g/mol. The molecule has 0 atom stereocenters. The highest BCUT2D eigenvalue weighted by Crippen LogP contribution is 2.41. The van der Waals surface area contributed by atoms with Crippen LogP contribution < -0.4 is 4.90 Å². The fourth-order valence-corrected chi connectivity index (χ4v) is 7.43. The lowest BCUT2D eigenvalue weighted by Gasteiger charge is -2.26. The highest BCUT2D eigenvalue weighted by atomic mass is 16.3. The minimum Gasteiger partial charge on any atom is -0.456 e. The molecule has 1 heterocycles. The third-order valence-corrected chi connectivity index (χ3v) is 9.81. The molecule has 1 aromatic heterocycles. The molecule has 2 nitrogen and oxygen atoms in total. The molecule has 10 rings (SSSR count). The van der Waals surface area contributed by atoms with E-state index in [1.807, 2.05) is 12.1 Å². The van der Waals surface area contributed by atoms with Gasteiger partial charge >= 0.3 is 0 Å². The van der Waals surface area contributed by atoms with Gasteiger partial charge in [-0.3, -0.25) is 0 Å². The number of furan rings is 1. The van der Waals surface area contributed by atoms with Gasteiger partial charge in [0.05, 0.1) is 0 Å².